The van der Waals surface area contributed by atoms with Crippen molar-refractivity contribution >= 4 is 17.6 Å². The fraction of sp³-hybridized carbons (Fsp3) is 0.364. The second-order valence-corrected chi connectivity index (χ2v) is 4.04. The van der Waals surface area contributed by atoms with Crippen molar-refractivity contribution in [1.82, 2.24) is 0 Å². The number of ether oxygens (including phenoxy) is 1. The normalized spacial score (nSPS) is 21.4. The monoisotopic (exact) mass is 233 g/mol. The molecule has 0 aliphatic carbocycles. The summed E-state index contributed by atoms with van der Waals surface area (Å²) in [7, 11) is 0. The number of non-ortho nitro benzene ring substituents is 1. The average molecular weight is 233 g/mol. The lowest BCUT2D eigenvalue weighted by atomic mass is 10.1. The van der Waals surface area contributed by atoms with Gasteiger partial charge in [-0.25, -0.2) is 0 Å². The molecule has 17 heavy (non-hydrogen) atoms. The molecule has 0 fully saturated rings. The van der Waals surface area contributed by atoms with Crippen LogP contribution in [0.25, 0.3) is 0 Å². The summed E-state index contributed by atoms with van der Waals surface area (Å²) in [5.74, 6) is 0.589. The molecule has 0 N–H and O–H groups in total. The fourth-order valence-electron chi connectivity index (χ4n) is 2.18. The van der Waals surface area contributed by atoms with Crippen molar-refractivity contribution < 1.29 is 9.66 Å². The van der Waals surface area contributed by atoms with Gasteiger partial charge >= 0.3 is 0 Å². The Bertz CT molecular complexity index is 501. The van der Waals surface area contributed by atoms with Crippen LogP contribution in [0.15, 0.2) is 23.2 Å². The molecule has 2 aliphatic rings. The molecule has 2 heterocycles. The van der Waals surface area contributed by atoms with E-state index >= 15 is 0 Å². The van der Waals surface area contributed by atoms with Crippen molar-refractivity contribution in [3.63, 3.8) is 0 Å². The summed E-state index contributed by atoms with van der Waals surface area (Å²) >= 11 is 0. The van der Waals surface area contributed by atoms with Gasteiger partial charge in [0.15, 0.2) is 0 Å². The molecule has 2 aliphatic heterocycles. The number of nitrogens with zero attached hydrogens (tertiary/aromatic N) is 3. The van der Waals surface area contributed by atoms with E-state index in [9.17, 15) is 10.1 Å². The van der Waals surface area contributed by atoms with E-state index in [0.29, 0.717) is 12.4 Å². The van der Waals surface area contributed by atoms with Gasteiger partial charge in [-0.2, -0.15) is 0 Å². The predicted octanol–water partition coefficient (Wildman–Crippen LogP) is 1.25. The quantitative estimate of drug-likeness (QED) is 0.540. The van der Waals surface area contributed by atoms with Crippen LogP contribution in [0.1, 0.15) is 0 Å². The van der Waals surface area contributed by atoms with Crippen molar-refractivity contribution in [3.05, 3.63) is 28.3 Å². The molecule has 3 rings (SSSR count). The number of aliphatic imine (C=N–C) groups is 1. The second-order valence-electron chi connectivity index (χ2n) is 4.04. The van der Waals surface area contributed by atoms with Crippen LogP contribution in [-0.2, 0) is 0 Å². The molecule has 0 radical (unpaired) electrons. The summed E-state index contributed by atoms with van der Waals surface area (Å²) in [6, 6.07) is 4.89. The third kappa shape index (κ3) is 1.61. The number of benzene rings is 1. The molecule has 6 heteroatoms. The zero-order valence-electron chi connectivity index (χ0n) is 9.07. The van der Waals surface area contributed by atoms with Crippen LogP contribution in [0.2, 0.25) is 0 Å². The number of rotatable bonds is 1. The maximum absolute atomic E-state index is 10.7. The molecular formula is C11H11N3O3. The highest BCUT2D eigenvalue weighted by atomic mass is 16.6. The van der Waals surface area contributed by atoms with Crippen LogP contribution < -0.4 is 9.64 Å². The molecule has 1 aromatic rings. The molecule has 0 bridgehead atoms. The van der Waals surface area contributed by atoms with Crippen LogP contribution in [0, 0.1) is 10.1 Å². The average Bonchev–Trinajstić information content (AvgIpc) is 2.38. The van der Waals surface area contributed by atoms with Gasteiger partial charge in [-0.05, 0) is 6.07 Å². The SMILES string of the molecule is O=[N+]([O-])c1ccc2c(c1)OC[C@@H]1C=NCCN21. The first-order valence-corrected chi connectivity index (χ1v) is 5.43. The van der Waals surface area contributed by atoms with Crippen molar-refractivity contribution in [2.45, 2.75) is 6.04 Å². The van der Waals surface area contributed by atoms with Crippen LogP contribution in [0.3, 0.4) is 0 Å². The second kappa shape index (κ2) is 3.73. The first-order valence-electron chi connectivity index (χ1n) is 5.43. The Kier molecular flexibility index (Phi) is 2.21. The third-order valence-electron chi connectivity index (χ3n) is 3.02. The Balaban J connectivity index is 2.01. The Morgan fingerprint density at radius 3 is 3.24 bits per heavy atom. The minimum Gasteiger partial charge on any atom is -0.489 e. The Hall–Kier alpha value is -2.11. The lowest BCUT2D eigenvalue weighted by molar-refractivity contribution is -0.384. The molecule has 0 spiro atoms. The van der Waals surface area contributed by atoms with E-state index in [4.69, 9.17) is 4.74 Å². The third-order valence-corrected chi connectivity index (χ3v) is 3.02. The van der Waals surface area contributed by atoms with E-state index in [2.05, 4.69) is 9.89 Å². The molecule has 88 valence electrons. The molecule has 0 saturated carbocycles. The molecule has 1 aromatic carbocycles. The number of hydrogen-bond acceptors (Lipinski definition) is 5. The predicted molar refractivity (Wildman–Crippen MR) is 63.1 cm³/mol. The molecule has 0 aromatic heterocycles. The van der Waals surface area contributed by atoms with Crippen LogP contribution in [0.4, 0.5) is 11.4 Å². The van der Waals surface area contributed by atoms with E-state index in [1.807, 2.05) is 6.21 Å². The number of anilines is 1. The first-order chi connectivity index (χ1) is 8.25. The molecule has 1 atom stereocenters. The van der Waals surface area contributed by atoms with E-state index in [0.717, 1.165) is 18.8 Å². The molecule has 0 amide bonds. The number of fused-ring (bicyclic) bond motifs is 3. The van der Waals surface area contributed by atoms with Crippen molar-refractivity contribution in [1.29, 1.82) is 0 Å². The van der Waals surface area contributed by atoms with Crippen molar-refractivity contribution in [2.24, 2.45) is 4.99 Å². The smallest absolute Gasteiger partial charge is 0.273 e. The minimum absolute atomic E-state index is 0.0628. The number of hydrogen-bond donors (Lipinski definition) is 0. The zero-order valence-corrected chi connectivity index (χ0v) is 9.07. The van der Waals surface area contributed by atoms with E-state index in [1.54, 1.807) is 6.07 Å². The molecule has 0 unspecified atom stereocenters. The van der Waals surface area contributed by atoms with Crippen molar-refractivity contribution in [3.8, 4) is 5.75 Å². The summed E-state index contributed by atoms with van der Waals surface area (Å²) in [6.07, 6.45) is 1.88. The van der Waals surface area contributed by atoms with Gasteiger partial charge in [0.25, 0.3) is 5.69 Å². The van der Waals surface area contributed by atoms with Gasteiger partial charge in [0.2, 0.25) is 0 Å². The minimum atomic E-state index is -0.409. The maximum Gasteiger partial charge on any atom is 0.273 e. The summed E-state index contributed by atoms with van der Waals surface area (Å²) < 4.78 is 5.55. The Morgan fingerprint density at radius 2 is 2.41 bits per heavy atom. The van der Waals surface area contributed by atoms with Gasteiger partial charge in [-0.1, -0.05) is 0 Å². The van der Waals surface area contributed by atoms with E-state index < -0.39 is 4.92 Å². The van der Waals surface area contributed by atoms with Crippen molar-refractivity contribution in [2.75, 3.05) is 24.6 Å². The molecular weight excluding hydrogens is 222 g/mol. The highest BCUT2D eigenvalue weighted by Crippen LogP contribution is 2.36. The summed E-state index contributed by atoms with van der Waals surface area (Å²) in [4.78, 5) is 16.7. The van der Waals surface area contributed by atoms with Gasteiger partial charge in [0.1, 0.15) is 12.4 Å². The van der Waals surface area contributed by atoms with Gasteiger partial charge in [-0.15, -0.1) is 0 Å². The van der Waals surface area contributed by atoms with Gasteiger partial charge in [0.05, 0.1) is 29.3 Å². The number of nitro groups is 1. The maximum atomic E-state index is 10.7. The largest absolute Gasteiger partial charge is 0.489 e. The van der Waals surface area contributed by atoms with Crippen LogP contribution >= 0.6 is 0 Å². The van der Waals surface area contributed by atoms with Gasteiger partial charge in [0, 0.05) is 18.8 Å². The molecule has 6 nitrogen and oxygen atoms in total. The summed E-state index contributed by atoms with van der Waals surface area (Å²) in [5.41, 5.74) is 0.978. The standard InChI is InChI=1S/C11H11N3O3/c15-14(16)8-1-2-10-11(5-8)17-7-9-6-12-3-4-13(9)10/h1-2,5-6,9H,3-4,7H2/t9-/m0/s1. The van der Waals surface area contributed by atoms with E-state index in [1.165, 1.54) is 12.1 Å². The highest BCUT2D eigenvalue weighted by Gasteiger charge is 2.29. The summed E-state index contributed by atoms with van der Waals surface area (Å²) in [5, 5.41) is 10.7. The lowest BCUT2D eigenvalue weighted by Gasteiger charge is -2.38. The van der Waals surface area contributed by atoms with Crippen LogP contribution in [-0.4, -0.2) is 36.9 Å². The highest BCUT2D eigenvalue weighted by molar-refractivity contribution is 5.76. The van der Waals surface area contributed by atoms with E-state index in [-0.39, 0.29) is 11.7 Å². The number of nitro benzene ring substituents is 1. The lowest BCUT2D eigenvalue weighted by Crippen LogP contribution is -2.47. The fourth-order valence-corrected chi connectivity index (χ4v) is 2.18. The Labute approximate surface area is 97.7 Å². The first kappa shape index (κ1) is 10.1. The van der Waals surface area contributed by atoms with Gasteiger partial charge < -0.3 is 9.64 Å². The zero-order chi connectivity index (χ0) is 11.8. The summed E-state index contributed by atoms with van der Waals surface area (Å²) in [6.45, 7) is 2.08. The van der Waals surface area contributed by atoms with Gasteiger partial charge in [-0.3, -0.25) is 15.1 Å². The Morgan fingerprint density at radius 1 is 1.53 bits per heavy atom. The van der Waals surface area contributed by atoms with Crippen LogP contribution in [0.5, 0.6) is 5.75 Å². The topological polar surface area (TPSA) is 68.0 Å². The molecule has 0 saturated heterocycles.